The maximum Gasteiger partial charge on any atom is 0.472 e. The van der Waals surface area contributed by atoms with Gasteiger partial charge in [0, 0.05) is 25.7 Å². The maximum atomic E-state index is 13.0. The number of phosphoric ester groups is 2. The number of ether oxygens (including phenoxy) is 4. The first-order valence-corrected chi connectivity index (χ1v) is 39.1. The number of hydrogen-bond donors (Lipinski definition) is 3. The SMILES string of the molecule is CCCCCCCCCCCCCCCCCCCC(=O)O[C@H](COC(=O)CCCCCCCCCCCCC(C)C)COP(=O)(O)OC[C@@H](O)COP(=O)(O)OC[C@@H](COC(=O)CCCCCCCCC)OC(=O)CCCCCCCCCCCCC. The minimum atomic E-state index is -4.95. The Morgan fingerprint density at radius 3 is 0.773 bits per heavy atom. The first-order valence-electron chi connectivity index (χ1n) is 36.1. The van der Waals surface area contributed by atoms with Gasteiger partial charge in [0.2, 0.25) is 0 Å². The lowest BCUT2D eigenvalue weighted by Crippen LogP contribution is -2.30. The standard InChI is InChI=1S/C69H134O17P2/c1-6-9-12-15-18-20-22-23-24-25-26-27-29-35-40-45-50-55-69(74)86-65(59-80-67(72)53-48-43-38-33-31-30-32-37-41-46-51-62(4)5)61-84-88(77,78)82-57-63(70)56-81-87(75,76)83-60-64(58-79-66(71)52-47-42-36-17-14-11-8-3)85-68(73)54-49-44-39-34-28-21-19-16-13-10-7-2/h62-65,70H,6-61H2,1-5H3,(H,75,76)(H,77,78)/t63-,64+,65+/m0/s1. The van der Waals surface area contributed by atoms with Gasteiger partial charge in [-0.2, -0.15) is 0 Å². The summed E-state index contributed by atoms with van der Waals surface area (Å²) in [5, 5.41) is 10.6. The van der Waals surface area contributed by atoms with Crippen molar-refractivity contribution in [2.45, 2.75) is 374 Å². The minimum absolute atomic E-state index is 0.107. The van der Waals surface area contributed by atoms with Gasteiger partial charge >= 0.3 is 39.5 Å². The molecule has 522 valence electrons. The van der Waals surface area contributed by atoms with Crippen LogP contribution < -0.4 is 0 Å². The van der Waals surface area contributed by atoms with Crippen LogP contribution in [0.3, 0.4) is 0 Å². The molecule has 0 aliphatic carbocycles. The number of unbranched alkanes of at least 4 members (excludes halogenated alkanes) is 41. The lowest BCUT2D eigenvalue weighted by atomic mass is 10.0. The number of aliphatic hydroxyl groups excluding tert-OH is 1. The highest BCUT2D eigenvalue weighted by atomic mass is 31.2. The molecular weight excluding hydrogens is 1160 g/mol. The molecule has 0 spiro atoms. The van der Waals surface area contributed by atoms with E-state index in [0.29, 0.717) is 25.7 Å². The second-order valence-corrected chi connectivity index (χ2v) is 28.3. The van der Waals surface area contributed by atoms with Gasteiger partial charge in [0.1, 0.15) is 19.3 Å². The number of hydrogen-bond acceptors (Lipinski definition) is 15. The fourth-order valence-electron chi connectivity index (χ4n) is 10.5. The van der Waals surface area contributed by atoms with E-state index in [1.54, 1.807) is 0 Å². The van der Waals surface area contributed by atoms with E-state index in [-0.39, 0.29) is 25.7 Å². The van der Waals surface area contributed by atoms with Crippen molar-refractivity contribution in [2.24, 2.45) is 5.92 Å². The lowest BCUT2D eigenvalue weighted by molar-refractivity contribution is -0.161. The van der Waals surface area contributed by atoms with Crippen LogP contribution in [-0.4, -0.2) is 96.7 Å². The van der Waals surface area contributed by atoms with E-state index in [9.17, 15) is 43.2 Å². The van der Waals surface area contributed by atoms with E-state index in [0.717, 1.165) is 109 Å². The second-order valence-electron chi connectivity index (χ2n) is 25.4. The topological polar surface area (TPSA) is 237 Å². The van der Waals surface area contributed by atoms with Crippen molar-refractivity contribution in [3.05, 3.63) is 0 Å². The summed E-state index contributed by atoms with van der Waals surface area (Å²) >= 11 is 0. The van der Waals surface area contributed by atoms with Gasteiger partial charge < -0.3 is 33.8 Å². The third kappa shape index (κ3) is 62.8. The van der Waals surface area contributed by atoms with Crippen LogP contribution in [0.5, 0.6) is 0 Å². The summed E-state index contributed by atoms with van der Waals surface area (Å²) in [6.45, 7) is 7.19. The van der Waals surface area contributed by atoms with Crippen LogP contribution in [-0.2, 0) is 65.4 Å². The normalized spacial score (nSPS) is 14.1. The highest BCUT2D eigenvalue weighted by Gasteiger charge is 2.30. The Morgan fingerprint density at radius 1 is 0.307 bits per heavy atom. The average molecular weight is 1300 g/mol. The van der Waals surface area contributed by atoms with E-state index in [1.165, 1.54) is 167 Å². The van der Waals surface area contributed by atoms with Gasteiger partial charge in [-0.15, -0.1) is 0 Å². The number of rotatable bonds is 69. The molecule has 3 N–H and O–H groups in total. The summed E-state index contributed by atoms with van der Waals surface area (Å²) in [6, 6.07) is 0. The number of aliphatic hydroxyl groups is 1. The lowest BCUT2D eigenvalue weighted by Gasteiger charge is -2.21. The molecule has 0 aliphatic rings. The summed E-state index contributed by atoms with van der Waals surface area (Å²) < 4.78 is 68.1. The Labute approximate surface area is 537 Å². The molecule has 0 bridgehead atoms. The van der Waals surface area contributed by atoms with Gasteiger partial charge in [-0.05, 0) is 31.6 Å². The van der Waals surface area contributed by atoms with Crippen molar-refractivity contribution in [1.29, 1.82) is 0 Å². The molecule has 0 radical (unpaired) electrons. The fourth-order valence-corrected chi connectivity index (χ4v) is 12.0. The maximum absolute atomic E-state index is 13.0. The number of carbonyl (C=O) groups is 4. The molecule has 0 saturated carbocycles. The number of carbonyl (C=O) groups excluding carboxylic acids is 4. The van der Waals surface area contributed by atoms with Crippen molar-refractivity contribution in [3.8, 4) is 0 Å². The van der Waals surface area contributed by atoms with Gasteiger partial charge in [0.25, 0.3) is 0 Å². The van der Waals surface area contributed by atoms with E-state index >= 15 is 0 Å². The fraction of sp³-hybridized carbons (Fsp3) is 0.942. The highest BCUT2D eigenvalue weighted by Crippen LogP contribution is 2.45. The van der Waals surface area contributed by atoms with Crippen LogP contribution in [0, 0.1) is 5.92 Å². The zero-order valence-electron chi connectivity index (χ0n) is 56.9. The monoisotopic (exact) mass is 1300 g/mol. The molecule has 0 rings (SSSR count). The molecule has 0 heterocycles. The Kier molecular flexibility index (Phi) is 61.1. The van der Waals surface area contributed by atoms with Crippen molar-refractivity contribution in [2.75, 3.05) is 39.6 Å². The Hall–Kier alpha value is -1.94. The molecule has 0 aliphatic heterocycles. The largest absolute Gasteiger partial charge is 0.472 e. The molecule has 17 nitrogen and oxygen atoms in total. The van der Waals surface area contributed by atoms with Crippen LogP contribution in [0.25, 0.3) is 0 Å². The molecule has 0 fully saturated rings. The van der Waals surface area contributed by atoms with Crippen molar-refractivity contribution >= 4 is 39.5 Å². The van der Waals surface area contributed by atoms with Gasteiger partial charge in [0.15, 0.2) is 12.2 Å². The molecule has 5 atom stereocenters. The van der Waals surface area contributed by atoms with E-state index in [4.69, 9.17) is 37.0 Å². The van der Waals surface area contributed by atoms with Crippen LogP contribution >= 0.6 is 15.6 Å². The quantitative estimate of drug-likeness (QED) is 0.0222. The van der Waals surface area contributed by atoms with Gasteiger partial charge in [-0.25, -0.2) is 9.13 Å². The van der Waals surface area contributed by atoms with E-state index in [2.05, 4.69) is 34.6 Å². The molecule has 0 saturated heterocycles. The van der Waals surface area contributed by atoms with Gasteiger partial charge in [-0.3, -0.25) is 37.3 Å². The van der Waals surface area contributed by atoms with Gasteiger partial charge in [0.05, 0.1) is 26.4 Å². The predicted octanol–water partition coefficient (Wildman–Crippen LogP) is 19.7. The van der Waals surface area contributed by atoms with Crippen LogP contribution in [0.4, 0.5) is 0 Å². The van der Waals surface area contributed by atoms with Crippen molar-refractivity contribution < 1.29 is 80.2 Å². The molecule has 19 heteroatoms. The van der Waals surface area contributed by atoms with Crippen LogP contribution in [0.15, 0.2) is 0 Å². The number of phosphoric acid groups is 2. The first-order chi connectivity index (χ1) is 42.5. The Bertz CT molecular complexity index is 1700. The summed E-state index contributed by atoms with van der Waals surface area (Å²) in [7, 11) is -9.89. The minimum Gasteiger partial charge on any atom is -0.462 e. The van der Waals surface area contributed by atoms with Crippen molar-refractivity contribution in [3.63, 3.8) is 0 Å². The molecule has 2 unspecified atom stereocenters. The molecule has 88 heavy (non-hydrogen) atoms. The molecule has 0 aromatic heterocycles. The van der Waals surface area contributed by atoms with Crippen LogP contribution in [0.1, 0.15) is 356 Å². The summed E-state index contributed by atoms with van der Waals surface area (Å²) in [5.41, 5.74) is 0. The van der Waals surface area contributed by atoms with E-state index < -0.39 is 97.5 Å². The zero-order chi connectivity index (χ0) is 64.9. The Morgan fingerprint density at radius 2 is 0.523 bits per heavy atom. The third-order valence-electron chi connectivity index (χ3n) is 16.0. The first kappa shape index (κ1) is 86.1. The average Bonchev–Trinajstić information content (AvgIpc) is 3.57. The third-order valence-corrected chi connectivity index (χ3v) is 17.9. The smallest absolute Gasteiger partial charge is 0.462 e. The Balaban J connectivity index is 5.20. The molecule has 0 aromatic rings. The molecule has 0 aromatic carbocycles. The summed E-state index contributed by atoms with van der Waals surface area (Å²) in [6.07, 6.45) is 48.6. The predicted molar refractivity (Wildman–Crippen MR) is 354 cm³/mol. The summed E-state index contributed by atoms with van der Waals surface area (Å²) in [5.74, 6) is -1.37. The van der Waals surface area contributed by atoms with Crippen molar-refractivity contribution in [1.82, 2.24) is 0 Å². The molecule has 0 amide bonds. The number of esters is 4. The molecular formula is C69H134O17P2. The van der Waals surface area contributed by atoms with E-state index in [1.807, 2.05) is 0 Å². The highest BCUT2D eigenvalue weighted by molar-refractivity contribution is 7.47. The van der Waals surface area contributed by atoms with Gasteiger partial charge in [-0.1, -0.05) is 304 Å². The second kappa shape index (κ2) is 62.5. The summed E-state index contributed by atoms with van der Waals surface area (Å²) in [4.78, 5) is 72.3. The zero-order valence-corrected chi connectivity index (χ0v) is 58.6. The van der Waals surface area contributed by atoms with Crippen LogP contribution in [0.2, 0.25) is 0 Å².